The van der Waals surface area contributed by atoms with Crippen LogP contribution in [0.25, 0.3) is 0 Å². The third kappa shape index (κ3) is 8.43. The second-order valence-electron chi connectivity index (χ2n) is 4.17. The van der Waals surface area contributed by atoms with Crippen LogP contribution in [0.1, 0.15) is 26.7 Å². The van der Waals surface area contributed by atoms with E-state index in [0.717, 1.165) is 6.42 Å². The van der Waals surface area contributed by atoms with Gasteiger partial charge in [0.25, 0.3) is 0 Å². The molecule has 1 atom stereocenters. The van der Waals surface area contributed by atoms with E-state index in [1.54, 1.807) is 6.92 Å². The lowest BCUT2D eigenvalue weighted by Gasteiger charge is -2.17. The van der Waals surface area contributed by atoms with Crippen LogP contribution in [0.15, 0.2) is 0 Å². The molecule has 0 aliphatic heterocycles. The molecular weight excluding hydrogens is 256 g/mol. The average molecular weight is 280 g/mol. The number of hydrogen-bond donors (Lipinski definition) is 3. The van der Waals surface area contributed by atoms with E-state index in [0.29, 0.717) is 19.5 Å². The van der Waals surface area contributed by atoms with Crippen molar-refractivity contribution in [3.05, 3.63) is 0 Å². The van der Waals surface area contributed by atoms with Crippen molar-refractivity contribution < 1.29 is 18.3 Å². The van der Waals surface area contributed by atoms with Crippen LogP contribution in [0.4, 0.5) is 0 Å². The van der Waals surface area contributed by atoms with Crippen LogP contribution in [-0.4, -0.2) is 56.7 Å². The number of carbonyl (C=O) groups is 1. The molecule has 0 aromatic rings. The molecule has 0 rings (SSSR count). The lowest BCUT2D eigenvalue weighted by Crippen LogP contribution is -2.40. The van der Waals surface area contributed by atoms with Crippen molar-refractivity contribution in [2.45, 2.75) is 32.7 Å². The van der Waals surface area contributed by atoms with Gasteiger partial charge in [-0.3, -0.25) is 4.79 Å². The Morgan fingerprint density at radius 2 is 2.00 bits per heavy atom. The Hall–Kier alpha value is -0.660. The lowest BCUT2D eigenvalue weighted by molar-refractivity contribution is -0.118. The van der Waals surface area contributed by atoms with Gasteiger partial charge in [-0.2, -0.15) is 0 Å². The molecular formula is C11H24N2O4S. The molecule has 7 heteroatoms. The highest BCUT2D eigenvalue weighted by Gasteiger charge is 2.21. The molecule has 18 heavy (non-hydrogen) atoms. The molecule has 0 fully saturated rings. The number of hydrogen-bond acceptors (Lipinski definition) is 5. The van der Waals surface area contributed by atoms with Crippen LogP contribution < -0.4 is 10.6 Å². The Bertz CT molecular complexity index is 330. The van der Waals surface area contributed by atoms with Gasteiger partial charge in [-0.15, -0.1) is 0 Å². The van der Waals surface area contributed by atoms with Crippen molar-refractivity contribution in [2.24, 2.45) is 0 Å². The minimum absolute atomic E-state index is 0.0714. The van der Waals surface area contributed by atoms with Gasteiger partial charge in [-0.25, -0.2) is 8.42 Å². The number of carbonyl (C=O) groups excluding carboxylic acids is 1. The van der Waals surface area contributed by atoms with Gasteiger partial charge < -0.3 is 15.7 Å². The molecule has 0 aromatic heterocycles. The first kappa shape index (κ1) is 17.3. The molecule has 0 saturated carbocycles. The van der Waals surface area contributed by atoms with Gasteiger partial charge in [-0.05, 0) is 26.3 Å². The van der Waals surface area contributed by atoms with E-state index in [2.05, 4.69) is 10.6 Å². The average Bonchev–Trinajstić information content (AvgIpc) is 2.25. The minimum Gasteiger partial charge on any atom is -0.396 e. The molecule has 0 saturated heterocycles. The zero-order valence-corrected chi connectivity index (χ0v) is 11.9. The van der Waals surface area contributed by atoms with Gasteiger partial charge in [-0.1, -0.05) is 6.92 Å². The fourth-order valence-corrected chi connectivity index (χ4v) is 3.08. The number of aliphatic hydroxyl groups excluding tert-OH is 1. The van der Waals surface area contributed by atoms with Gasteiger partial charge in [0.1, 0.15) is 5.75 Å². The molecule has 0 aromatic carbocycles. The number of rotatable bonds is 10. The zero-order valence-electron chi connectivity index (χ0n) is 11.1. The van der Waals surface area contributed by atoms with Crippen molar-refractivity contribution in [3.8, 4) is 0 Å². The summed E-state index contributed by atoms with van der Waals surface area (Å²) in [5.74, 6) is -1.09. The lowest BCUT2D eigenvalue weighted by atomic mass is 10.2. The summed E-state index contributed by atoms with van der Waals surface area (Å²) in [7, 11) is -3.44. The van der Waals surface area contributed by atoms with E-state index in [1.165, 1.54) is 0 Å². The van der Waals surface area contributed by atoms with Crippen LogP contribution in [0.2, 0.25) is 0 Å². The van der Waals surface area contributed by atoms with E-state index >= 15 is 0 Å². The molecule has 0 aliphatic carbocycles. The van der Waals surface area contributed by atoms with Crippen LogP contribution in [0.5, 0.6) is 0 Å². The van der Waals surface area contributed by atoms with E-state index in [-0.39, 0.29) is 18.4 Å². The Balaban J connectivity index is 4.35. The maximum absolute atomic E-state index is 11.8. The smallest absolute Gasteiger partial charge is 0.235 e. The highest BCUT2D eigenvalue weighted by atomic mass is 32.2. The molecule has 0 spiro atoms. The summed E-state index contributed by atoms with van der Waals surface area (Å²) in [4.78, 5) is 11.3. The maximum atomic E-state index is 11.8. The normalized spacial score (nSPS) is 13.3. The van der Waals surface area contributed by atoms with Gasteiger partial charge in [0.05, 0.1) is 5.75 Å². The molecule has 6 nitrogen and oxygen atoms in total. The van der Waals surface area contributed by atoms with E-state index in [9.17, 15) is 13.2 Å². The predicted molar refractivity (Wildman–Crippen MR) is 71.1 cm³/mol. The van der Waals surface area contributed by atoms with Crippen LogP contribution in [-0.2, 0) is 14.6 Å². The third-order valence-corrected chi connectivity index (χ3v) is 3.95. The van der Waals surface area contributed by atoms with Gasteiger partial charge in [0, 0.05) is 19.2 Å². The third-order valence-electron chi connectivity index (χ3n) is 2.34. The number of aliphatic hydroxyl groups is 1. The predicted octanol–water partition coefficient (Wildman–Crippen LogP) is -0.712. The monoisotopic (exact) mass is 280 g/mol. The number of nitrogens with one attached hydrogen (secondary N) is 2. The second kappa shape index (κ2) is 9.29. The van der Waals surface area contributed by atoms with Crippen molar-refractivity contribution in [1.82, 2.24) is 10.6 Å². The Morgan fingerprint density at radius 1 is 1.33 bits per heavy atom. The van der Waals surface area contributed by atoms with Gasteiger partial charge >= 0.3 is 0 Å². The first-order valence-corrected chi connectivity index (χ1v) is 8.08. The molecule has 1 unspecified atom stereocenters. The first-order chi connectivity index (χ1) is 8.45. The highest BCUT2D eigenvalue weighted by Crippen LogP contribution is 2.00. The Morgan fingerprint density at radius 3 is 2.50 bits per heavy atom. The summed E-state index contributed by atoms with van der Waals surface area (Å²) >= 11 is 0. The maximum Gasteiger partial charge on any atom is 0.235 e. The van der Waals surface area contributed by atoms with Crippen molar-refractivity contribution >= 4 is 15.7 Å². The molecule has 3 N–H and O–H groups in total. The minimum atomic E-state index is -3.44. The highest BCUT2D eigenvalue weighted by molar-refractivity contribution is 7.92. The first-order valence-electron chi connectivity index (χ1n) is 6.26. The van der Waals surface area contributed by atoms with Crippen LogP contribution in [0.3, 0.4) is 0 Å². The quantitative estimate of drug-likeness (QED) is 0.491. The summed E-state index contributed by atoms with van der Waals surface area (Å²) in [5, 5.41) is 14.4. The fourth-order valence-electron chi connectivity index (χ4n) is 1.56. The largest absolute Gasteiger partial charge is 0.396 e. The van der Waals surface area contributed by atoms with Crippen LogP contribution in [0, 0.1) is 0 Å². The van der Waals surface area contributed by atoms with Crippen molar-refractivity contribution in [1.29, 1.82) is 0 Å². The molecule has 0 heterocycles. The molecule has 0 aliphatic rings. The standard InChI is InChI=1S/C11H24N2O4S/c1-3-6-13-10(5-7-14)8-18(16,17)9-11(15)12-4-2/h10,13-14H,3-9H2,1-2H3,(H,12,15). The van der Waals surface area contributed by atoms with Crippen molar-refractivity contribution in [3.63, 3.8) is 0 Å². The Kier molecular flexibility index (Phi) is 8.95. The molecule has 1 amide bonds. The molecule has 0 radical (unpaired) electrons. The summed E-state index contributed by atoms with van der Waals surface area (Å²) in [6, 6.07) is -0.297. The Labute approximate surface area is 109 Å². The summed E-state index contributed by atoms with van der Waals surface area (Å²) in [6.45, 7) is 4.76. The number of amides is 1. The fraction of sp³-hybridized carbons (Fsp3) is 0.909. The second-order valence-corrected chi connectivity index (χ2v) is 6.28. The van der Waals surface area contributed by atoms with Crippen LogP contribution >= 0.6 is 0 Å². The SMILES string of the molecule is CCCNC(CCO)CS(=O)(=O)CC(=O)NCC. The number of sulfone groups is 1. The summed E-state index contributed by atoms with van der Waals surface area (Å²) in [5.41, 5.74) is 0. The van der Waals surface area contributed by atoms with Gasteiger partial charge in [0.2, 0.25) is 5.91 Å². The van der Waals surface area contributed by atoms with E-state index < -0.39 is 21.5 Å². The molecule has 108 valence electrons. The van der Waals surface area contributed by atoms with E-state index in [1.807, 2.05) is 6.92 Å². The molecule has 0 bridgehead atoms. The summed E-state index contributed by atoms with van der Waals surface area (Å²) in [6.07, 6.45) is 1.26. The zero-order chi connectivity index (χ0) is 14.0. The van der Waals surface area contributed by atoms with Crippen molar-refractivity contribution in [2.75, 3.05) is 31.2 Å². The summed E-state index contributed by atoms with van der Waals surface area (Å²) < 4.78 is 23.6. The van der Waals surface area contributed by atoms with Gasteiger partial charge in [0.15, 0.2) is 9.84 Å². The topological polar surface area (TPSA) is 95.5 Å². The van der Waals surface area contributed by atoms with E-state index in [4.69, 9.17) is 5.11 Å².